The number of fused-ring (bicyclic) bond motifs is 4. The van der Waals surface area contributed by atoms with Crippen LogP contribution in [0.3, 0.4) is 0 Å². The van der Waals surface area contributed by atoms with E-state index in [-0.39, 0.29) is 25.3 Å². The zero-order valence-corrected chi connectivity index (χ0v) is 24.0. The summed E-state index contributed by atoms with van der Waals surface area (Å²) in [7, 11) is 1.80. The summed E-state index contributed by atoms with van der Waals surface area (Å²) in [5.74, 6) is -0.0735. The molecule has 1 unspecified atom stereocenters. The predicted molar refractivity (Wildman–Crippen MR) is 162 cm³/mol. The van der Waals surface area contributed by atoms with Gasteiger partial charge in [-0.1, -0.05) is 54.6 Å². The van der Waals surface area contributed by atoms with Crippen LogP contribution in [-0.4, -0.2) is 45.6 Å². The molecule has 3 atom stereocenters. The Morgan fingerprint density at radius 3 is 2.30 bits per heavy atom. The molecule has 222 valence electrons. The standard InChI is InChI=1S/C33H36N6O4/c1-39-21-25(20-36-39)19-35-32(41)30-18-24-10-6-12-27(16-24)43-26-11-5-9-23(15-26)17-28(34)31(40)37-29(33(42)38-30)14-13-22-7-3-2-4-8-22/h2-12,15-16,20-21,28-30H,13-14,17-19,34H2,1H3,(H,35,41)(H,37,40)(H,38,42)/t28?,29-,30-/m0/s1. The molecular formula is C33H36N6O4. The minimum Gasteiger partial charge on any atom is -0.457 e. The highest BCUT2D eigenvalue weighted by Crippen LogP contribution is 2.24. The highest BCUT2D eigenvalue weighted by molar-refractivity contribution is 5.93. The van der Waals surface area contributed by atoms with Crippen LogP contribution in [0.25, 0.3) is 0 Å². The SMILES string of the molecule is Cn1cc(CNC(=O)[C@@H]2Cc3cccc(c3)Oc3cccc(c3)CC(N)C(=O)N[C@@H](CCc3ccccc3)C(=O)N2)cn1. The first-order valence-electron chi connectivity index (χ1n) is 14.3. The first kappa shape index (κ1) is 29.5. The number of benzene rings is 3. The number of amides is 3. The van der Waals surface area contributed by atoms with Gasteiger partial charge in [-0.2, -0.15) is 5.10 Å². The largest absolute Gasteiger partial charge is 0.457 e. The summed E-state index contributed by atoms with van der Waals surface area (Å²) in [5, 5.41) is 12.8. The lowest BCUT2D eigenvalue weighted by Crippen LogP contribution is -2.56. The van der Waals surface area contributed by atoms with Crippen LogP contribution in [0.15, 0.2) is 91.3 Å². The topological polar surface area (TPSA) is 140 Å². The Balaban J connectivity index is 1.44. The van der Waals surface area contributed by atoms with Crippen LogP contribution < -0.4 is 26.4 Å². The van der Waals surface area contributed by atoms with Gasteiger partial charge in [-0.3, -0.25) is 19.1 Å². The molecule has 0 radical (unpaired) electrons. The maximum atomic E-state index is 13.8. The molecule has 0 aliphatic carbocycles. The summed E-state index contributed by atoms with van der Waals surface area (Å²) in [4.78, 5) is 40.5. The fraction of sp³-hybridized carbons (Fsp3) is 0.273. The molecule has 43 heavy (non-hydrogen) atoms. The fourth-order valence-corrected chi connectivity index (χ4v) is 5.05. The van der Waals surface area contributed by atoms with Crippen molar-refractivity contribution in [3.8, 4) is 11.5 Å². The Kier molecular flexibility index (Phi) is 9.48. The molecular weight excluding hydrogens is 544 g/mol. The predicted octanol–water partition coefficient (Wildman–Crippen LogP) is 2.56. The van der Waals surface area contributed by atoms with Crippen LogP contribution in [-0.2, 0) is 47.2 Å². The van der Waals surface area contributed by atoms with E-state index in [0.29, 0.717) is 24.3 Å². The molecule has 10 heteroatoms. The fourth-order valence-electron chi connectivity index (χ4n) is 5.05. The molecule has 2 heterocycles. The van der Waals surface area contributed by atoms with Gasteiger partial charge in [-0.25, -0.2) is 0 Å². The number of aryl methyl sites for hydroxylation is 2. The lowest BCUT2D eigenvalue weighted by molar-refractivity contribution is -0.132. The van der Waals surface area contributed by atoms with E-state index in [1.165, 1.54) is 0 Å². The van der Waals surface area contributed by atoms with Gasteiger partial charge in [-0.05, 0) is 60.2 Å². The molecule has 0 saturated carbocycles. The summed E-state index contributed by atoms with van der Waals surface area (Å²) >= 11 is 0. The lowest BCUT2D eigenvalue weighted by Gasteiger charge is -2.25. The summed E-state index contributed by atoms with van der Waals surface area (Å²) in [6.07, 6.45) is 4.83. The number of ether oxygens (including phenoxy) is 1. The normalized spacial score (nSPS) is 19.1. The molecule has 4 aromatic rings. The van der Waals surface area contributed by atoms with Crippen molar-refractivity contribution in [2.24, 2.45) is 12.8 Å². The monoisotopic (exact) mass is 580 g/mol. The minimum atomic E-state index is -0.916. The van der Waals surface area contributed by atoms with Crippen LogP contribution in [0.4, 0.5) is 0 Å². The van der Waals surface area contributed by atoms with E-state index >= 15 is 0 Å². The number of aromatic nitrogens is 2. The maximum Gasteiger partial charge on any atom is 0.243 e. The summed E-state index contributed by atoms with van der Waals surface area (Å²) in [5.41, 5.74) is 9.80. The van der Waals surface area contributed by atoms with E-state index in [0.717, 1.165) is 22.3 Å². The average Bonchev–Trinajstić information content (AvgIpc) is 3.42. The third-order valence-corrected chi connectivity index (χ3v) is 7.32. The van der Waals surface area contributed by atoms with Gasteiger partial charge in [0.05, 0.1) is 12.2 Å². The number of nitrogens with two attached hydrogens (primary N) is 1. The van der Waals surface area contributed by atoms with Gasteiger partial charge in [-0.15, -0.1) is 0 Å². The summed E-state index contributed by atoms with van der Waals surface area (Å²) < 4.78 is 7.75. The number of nitrogens with one attached hydrogen (secondary N) is 3. The van der Waals surface area contributed by atoms with Crippen LogP contribution >= 0.6 is 0 Å². The van der Waals surface area contributed by atoms with E-state index in [4.69, 9.17) is 10.5 Å². The van der Waals surface area contributed by atoms with Gasteiger partial charge >= 0.3 is 0 Å². The highest BCUT2D eigenvalue weighted by Gasteiger charge is 2.29. The number of nitrogens with zero attached hydrogens (tertiary/aromatic N) is 2. The molecule has 1 aromatic heterocycles. The van der Waals surface area contributed by atoms with Crippen LogP contribution in [0.1, 0.15) is 28.7 Å². The second kappa shape index (κ2) is 13.8. The van der Waals surface area contributed by atoms with Crippen molar-refractivity contribution >= 4 is 17.7 Å². The van der Waals surface area contributed by atoms with Crippen molar-refractivity contribution in [2.45, 2.75) is 50.4 Å². The molecule has 0 fully saturated rings. The van der Waals surface area contributed by atoms with Gasteiger partial charge in [0.25, 0.3) is 0 Å². The third kappa shape index (κ3) is 8.30. The Morgan fingerprint density at radius 1 is 0.930 bits per heavy atom. The van der Waals surface area contributed by atoms with Crippen molar-refractivity contribution < 1.29 is 19.1 Å². The Hall–Kier alpha value is -4.96. The van der Waals surface area contributed by atoms with Crippen molar-refractivity contribution in [3.63, 3.8) is 0 Å². The van der Waals surface area contributed by atoms with Crippen molar-refractivity contribution in [2.75, 3.05) is 0 Å². The molecule has 5 N–H and O–H groups in total. The van der Waals surface area contributed by atoms with Gasteiger partial charge in [0, 0.05) is 31.8 Å². The van der Waals surface area contributed by atoms with Gasteiger partial charge in [0.1, 0.15) is 23.6 Å². The Bertz CT molecular complexity index is 1570. The van der Waals surface area contributed by atoms with Crippen LogP contribution in [0.5, 0.6) is 11.5 Å². The van der Waals surface area contributed by atoms with Crippen LogP contribution in [0.2, 0.25) is 0 Å². The zero-order chi connectivity index (χ0) is 30.2. The van der Waals surface area contributed by atoms with E-state index in [1.807, 2.05) is 85.1 Å². The lowest BCUT2D eigenvalue weighted by atomic mass is 10.0. The summed E-state index contributed by atoms with van der Waals surface area (Å²) in [6, 6.07) is 21.8. The molecule has 3 amide bonds. The molecule has 5 rings (SSSR count). The quantitative estimate of drug-likeness (QED) is 0.276. The van der Waals surface area contributed by atoms with Crippen molar-refractivity contribution in [1.29, 1.82) is 0 Å². The molecule has 0 saturated heterocycles. The second-order valence-electron chi connectivity index (χ2n) is 10.8. The molecule has 0 spiro atoms. The number of hydrogen-bond acceptors (Lipinski definition) is 6. The average molecular weight is 581 g/mol. The van der Waals surface area contributed by atoms with Gasteiger partial charge < -0.3 is 26.4 Å². The molecule has 10 nitrogen and oxygen atoms in total. The smallest absolute Gasteiger partial charge is 0.243 e. The minimum absolute atomic E-state index is 0.209. The van der Waals surface area contributed by atoms with E-state index in [2.05, 4.69) is 21.0 Å². The Labute approximate surface area is 250 Å². The van der Waals surface area contributed by atoms with E-state index < -0.39 is 29.9 Å². The van der Waals surface area contributed by atoms with Crippen molar-refractivity contribution in [3.05, 3.63) is 114 Å². The molecule has 1 aliphatic rings. The number of hydrogen-bond donors (Lipinski definition) is 4. The van der Waals surface area contributed by atoms with Gasteiger partial charge in [0.15, 0.2) is 0 Å². The first-order chi connectivity index (χ1) is 20.8. The first-order valence-corrected chi connectivity index (χ1v) is 14.3. The number of carbonyl (C=O) groups excluding carboxylic acids is 3. The van der Waals surface area contributed by atoms with Gasteiger partial charge in [0.2, 0.25) is 17.7 Å². The maximum absolute atomic E-state index is 13.8. The van der Waals surface area contributed by atoms with E-state index in [9.17, 15) is 14.4 Å². The number of rotatable bonds is 6. The van der Waals surface area contributed by atoms with Crippen LogP contribution in [0, 0.1) is 0 Å². The van der Waals surface area contributed by atoms with Crippen molar-refractivity contribution in [1.82, 2.24) is 25.7 Å². The summed E-state index contributed by atoms with van der Waals surface area (Å²) in [6.45, 7) is 0.252. The number of carbonyl (C=O) groups is 3. The Morgan fingerprint density at radius 2 is 1.63 bits per heavy atom. The zero-order valence-electron chi connectivity index (χ0n) is 24.0. The molecule has 1 aliphatic heterocycles. The highest BCUT2D eigenvalue weighted by atomic mass is 16.5. The molecule has 4 bridgehead atoms. The van der Waals surface area contributed by atoms with E-state index in [1.54, 1.807) is 17.9 Å². The third-order valence-electron chi connectivity index (χ3n) is 7.32. The molecule has 3 aromatic carbocycles. The second-order valence-corrected chi connectivity index (χ2v) is 10.8.